The number of fused-ring (bicyclic) bond motifs is 2. The van der Waals surface area contributed by atoms with Crippen LogP contribution in [0.25, 0.3) is 0 Å². The highest BCUT2D eigenvalue weighted by atomic mass is 32.2. The van der Waals surface area contributed by atoms with Gasteiger partial charge in [-0.3, -0.25) is 14.4 Å². The fraction of sp³-hybridized carbons (Fsp3) is 0.932. The van der Waals surface area contributed by atoms with Gasteiger partial charge in [-0.15, -0.1) is 0 Å². The van der Waals surface area contributed by atoms with Crippen LogP contribution in [0.5, 0.6) is 0 Å². The van der Waals surface area contributed by atoms with Gasteiger partial charge in [0.15, 0.2) is 17.4 Å². The van der Waals surface area contributed by atoms with Crippen LogP contribution in [0.15, 0.2) is 0 Å². The molecule has 0 radical (unpaired) electrons. The molecule has 4 saturated carbocycles. The number of unbranched alkanes of at least 4 members (excludes halogenated alkanes) is 1. The molecule has 8 fully saturated rings. The molecule has 3 atom stereocenters. The van der Waals surface area contributed by atoms with E-state index in [1.54, 1.807) is 0 Å². The Kier molecular flexibility index (Phi) is 20.7. The minimum Gasteiger partial charge on any atom is -0.347 e. The molecule has 0 amide bonds. The van der Waals surface area contributed by atoms with Gasteiger partial charge in [-0.05, 0) is 57.8 Å². The van der Waals surface area contributed by atoms with Crippen LogP contribution >= 0.6 is 11.8 Å². The standard InChI is InChI=1S/C13H20O3.C13H22O3.C12H18O3S.3C2H6/c14-11-5-1-2-6-12(11)7-3-4-8-13(12)15-9-10-16-13;1-2-3-7-12(14)11-6-4-5-8-13(11)15-9-10-16-13;13-10-3-8-16-9-11(10)4-1-2-5-12(11)14-6-7-15-12;3*1-2/h1-10H2;11H,2-10H2,1H3;1-9H2;3*1-2H3. The Morgan fingerprint density at radius 1 is 0.593 bits per heavy atom. The van der Waals surface area contributed by atoms with Crippen molar-refractivity contribution < 1.29 is 42.8 Å². The third-order valence-corrected chi connectivity index (χ3v) is 13.8. The van der Waals surface area contributed by atoms with Crippen LogP contribution in [0, 0.1) is 16.7 Å². The first-order valence-corrected chi connectivity index (χ1v) is 23.5. The monoisotopic (exact) mass is 783 g/mol. The zero-order chi connectivity index (χ0) is 39.6. The minimum atomic E-state index is -0.560. The number of hydrogen-bond donors (Lipinski definition) is 0. The first-order chi connectivity index (χ1) is 26.4. The maximum Gasteiger partial charge on any atom is 0.181 e. The molecule has 3 unspecified atom stereocenters. The SMILES string of the molecule is CC.CC.CC.CCCCC(=O)C1CCCCC12OCCO2.O=C1CCCCC12CCCCC21OCCO1.O=C1CCSCC12CCCCC21OCCO1. The predicted molar refractivity (Wildman–Crippen MR) is 217 cm³/mol. The molecule has 0 aromatic heterocycles. The molecule has 4 aliphatic carbocycles. The second kappa shape index (κ2) is 23.5. The van der Waals surface area contributed by atoms with Crippen molar-refractivity contribution in [3.63, 3.8) is 0 Å². The van der Waals surface area contributed by atoms with Gasteiger partial charge in [-0.2, -0.15) is 11.8 Å². The molecule has 4 heterocycles. The first kappa shape index (κ1) is 47.5. The third-order valence-electron chi connectivity index (χ3n) is 12.6. The van der Waals surface area contributed by atoms with E-state index in [-0.39, 0.29) is 16.7 Å². The molecule has 4 aliphatic heterocycles. The summed E-state index contributed by atoms with van der Waals surface area (Å²) in [7, 11) is 0. The summed E-state index contributed by atoms with van der Waals surface area (Å²) in [5.41, 5.74) is -0.620. The van der Waals surface area contributed by atoms with Crippen LogP contribution in [0.2, 0.25) is 0 Å². The lowest BCUT2D eigenvalue weighted by atomic mass is 9.60. The highest BCUT2D eigenvalue weighted by Gasteiger charge is 2.62. The Hall–Kier alpha value is -0.880. The molecule has 0 bridgehead atoms. The van der Waals surface area contributed by atoms with Crippen molar-refractivity contribution in [3.8, 4) is 0 Å². The summed E-state index contributed by atoms with van der Waals surface area (Å²) in [4.78, 5) is 36.9. The van der Waals surface area contributed by atoms with Gasteiger partial charge in [0.05, 0.1) is 56.4 Å². The van der Waals surface area contributed by atoms with Gasteiger partial charge >= 0.3 is 0 Å². The number of ketones is 3. The zero-order valence-electron chi connectivity index (χ0n) is 35.5. The highest BCUT2D eigenvalue weighted by molar-refractivity contribution is 7.99. The van der Waals surface area contributed by atoms with Gasteiger partial charge in [0.2, 0.25) is 0 Å². The lowest BCUT2D eigenvalue weighted by molar-refractivity contribution is -0.253. The van der Waals surface area contributed by atoms with Crippen LogP contribution in [0.1, 0.15) is 177 Å². The molecule has 8 aliphatic rings. The number of thioether (sulfide) groups is 1. The Balaban J connectivity index is 0.000000203. The fourth-order valence-electron chi connectivity index (χ4n) is 10.1. The minimum absolute atomic E-state index is 0.00435. The average Bonchev–Trinajstić information content (AvgIpc) is 4.02. The second-order valence-electron chi connectivity index (χ2n) is 15.2. The van der Waals surface area contributed by atoms with Crippen molar-refractivity contribution >= 4 is 29.1 Å². The number of ether oxygens (including phenoxy) is 6. The number of carbonyl (C=O) groups is 3. The van der Waals surface area contributed by atoms with Gasteiger partial charge in [-0.1, -0.05) is 80.6 Å². The molecule has 0 aromatic rings. The predicted octanol–water partition coefficient (Wildman–Crippen LogP) is 10.2. The molecule has 54 heavy (non-hydrogen) atoms. The molecule has 0 aromatic carbocycles. The van der Waals surface area contributed by atoms with Gasteiger partial charge in [0, 0.05) is 50.0 Å². The number of rotatable bonds is 4. The Bertz CT molecular complexity index is 1040. The largest absolute Gasteiger partial charge is 0.347 e. The molecule has 8 rings (SSSR count). The Morgan fingerprint density at radius 2 is 1.06 bits per heavy atom. The number of hydrogen-bond acceptors (Lipinski definition) is 10. The summed E-state index contributed by atoms with van der Waals surface area (Å²) in [6.07, 6.45) is 19.8. The van der Waals surface area contributed by atoms with Crippen molar-refractivity contribution in [2.45, 2.75) is 194 Å². The molecular weight excluding hydrogens is 705 g/mol. The first-order valence-electron chi connectivity index (χ1n) is 22.4. The van der Waals surface area contributed by atoms with E-state index in [4.69, 9.17) is 28.4 Å². The van der Waals surface area contributed by atoms with Gasteiger partial charge in [-0.25, -0.2) is 0 Å². The average molecular weight is 783 g/mol. The zero-order valence-corrected chi connectivity index (χ0v) is 36.3. The Labute approximate surface area is 333 Å². The fourth-order valence-corrected chi connectivity index (χ4v) is 11.4. The lowest BCUT2D eigenvalue weighted by Gasteiger charge is -2.50. The quantitative estimate of drug-likeness (QED) is 0.274. The van der Waals surface area contributed by atoms with Gasteiger partial charge in [0.25, 0.3) is 0 Å². The molecule has 10 heteroatoms. The van der Waals surface area contributed by atoms with Gasteiger partial charge < -0.3 is 28.4 Å². The second-order valence-corrected chi connectivity index (χ2v) is 16.3. The van der Waals surface area contributed by atoms with E-state index in [1.807, 2.05) is 53.3 Å². The van der Waals surface area contributed by atoms with E-state index in [2.05, 4.69) is 6.92 Å². The Morgan fingerprint density at radius 3 is 1.59 bits per heavy atom. The molecule has 0 N–H and O–H groups in total. The highest BCUT2D eigenvalue weighted by Crippen LogP contribution is 2.56. The summed E-state index contributed by atoms with van der Waals surface area (Å²) in [6, 6.07) is 0. The maximum atomic E-state index is 12.4. The van der Waals surface area contributed by atoms with E-state index in [9.17, 15) is 14.4 Å². The summed E-state index contributed by atoms with van der Waals surface area (Å²) in [5, 5.41) is 0. The van der Waals surface area contributed by atoms with E-state index in [0.717, 1.165) is 127 Å². The number of Topliss-reactive ketones (excluding diaryl/α,β-unsaturated/α-hetero) is 3. The van der Waals surface area contributed by atoms with Crippen molar-refractivity contribution in [2.75, 3.05) is 51.1 Å². The van der Waals surface area contributed by atoms with Crippen LogP contribution < -0.4 is 0 Å². The molecule has 9 nitrogen and oxygen atoms in total. The van der Waals surface area contributed by atoms with Crippen LogP contribution in [-0.2, 0) is 42.8 Å². The van der Waals surface area contributed by atoms with Crippen molar-refractivity contribution in [2.24, 2.45) is 16.7 Å². The maximum absolute atomic E-state index is 12.4. The summed E-state index contributed by atoms with van der Waals surface area (Å²) < 4.78 is 35.1. The third kappa shape index (κ3) is 10.2. The molecule has 314 valence electrons. The number of carbonyl (C=O) groups excluding carboxylic acids is 3. The topological polar surface area (TPSA) is 107 Å². The normalized spacial score (nSPS) is 31.5. The van der Waals surface area contributed by atoms with Gasteiger partial charge in [0.1, 0.15) is 17.3 Å². The molecule has 5 spiro atoms. The van der Waals surface area contributed by atoms with Crippen LogP contribution in [0.3, 0.4) is 0 Å². The summed E-state index contributed by atoms with van der Waals surface area (Å²) in [5.74, 6) is 1.36. The molecular formula is C44H78O9S. The van der Waals surface area contributed by atoms with Crippen LogP contribution in [-0.4, -0.2) is 85.9 Å². The smallest absolute Gasteiger partial charge is 0.181 e. The van der Waals surface area contributed by atoms with E-state index in [0.29, 0.717) is 69.8 Å². The van der Waals surface area contributed by atoms with Crippen molar-refractivity contribution in [3.05, 3.63) is 0 Å². The van der Waals surface area contributed by atoms with E-state index in [1.165, 1.54) is 0 Å². The molecule has 4 saturated heterocycles. The van der Waals surface area contributed by atoms with E-state index < -0.39 is 17.4 Å². The summed E-state index contributed by atoms with van der Waals surface area (Å²) in [6.45, 7) is 18.0. The van der Waals surface area contributed by atoms with Crippen LogP contribution in [0.4, 0.5) is 0 Å². The lowest BCUT2D eigenvalue weighted by Crippen LogP contribution is -2.59. The van der Waals surface area contributed by atoms with Crippen molar-refractivity contribution in [1.82, 2.24) is 0 Å². The van der Waals surface area contributed by atoms with E-state index >= 15 is 0 Å². The summed E-state index contributed by atoms with van der Waals surface area (Å²) >= 11 is 1.88. The van der Waals surface area contributed by atoms with Crippen molar-refractivity contribution in [1.29, 1.82) is 0 Å².